The van der Waals surface area contributed by atoms with Gasteiger partial charge in [-0.3, -0.25) is 9.78 Å². The fraction of sp³-hybridized carbons (Fsp3) is 0.182. The zero-order valence-corrected chi connectivity index (χ0v) is 15.3. The van der Waals surface area contributed by atoms with E-state index in [-0.39, 0.29) is 5.91 Å². The van der Waals surface area contributed by atoms with Crippen molar-refractivity contribution in [1.82, 2.24) is 10.3 Å². The van der Waals surface area contributed by atoms with Gasteiger partial charge in [-0.05, 0) is 36.8 Å². The van der Waals surface area contributed by atoms with Crippen LogP contribution in [0.3, 0.4) is 0 Å². The second-order valence-electron chi connectivity index (χ2n) is 6.11. The number of para-hydroxylation sites is 3. The molecule has 0 saturated carbocycles. The number of nitrogens with one attached hydrogen (secondary N) is 2. The first-order valence-corrected chi connectivity index (χ1v) is 9.08. The molecule has 1 aromatic heterocycles. The average molecular weight is 361 g/mol. The molecule has 1 amide bonds. The molecule has 5 heteroatoms. The molecule has 27 heavy (non-hydrogen) atoms. The number of hydrogen-bond acceptors (Lipinski definition) is 4. The summed E-state index contributed by atoms with van der Waals surface area (Å²) in [5, 5.41) is 6.19. The van der Waals surface area contributed by atoms with Crippen molar-refractivity contribution in [2.75, 3.05) is 11.9 Å². The molecule has 0 aliphatic rings. The highest BCUT2D eigenvalue weighted by Gasteiger charge is 2.09. The van der Waals surface area contributed by atoms with E-state index in [1.54, 1.807) is 18.5 Å². The van der Waals surface area contributed by atoms with Crippen molar-refractivity contribution in [1.29, 1.82) is 0 Å². The molecule has 0 atom stereocenters. The van der Waals surface area contributed by atoms with Gasteiger partial charge in [0.2, 0.25) is 0 Å². The SMILES string of the molecule is CCCCNC(=O)c1cncc(Nc2ccccc2Oc2ccccc2)c1. The molecule has 0 spiro atoms. The molecule has 5 nitrogen and oxygen atoms in total. The number of pyridine rings is 1. The summed E-state index contributed by atoms with van der Waals surface area (Å²) in [5.41, 5.74) is 2.05. The summed E-state index contributed by atoms with van der Waals surface area (Å²) in [5.74, 6) is 1.34. The highest BCUT2D eigenvalue weighted by atomic mass is 16.5. The molecule has 0 saturated heterocycles. The third kappa shape index (κ3) is 5.31. The first kappa shape index (κ1) is 18.5. The Kier molecular flexibility index (Phi) is 6.41. The second kappa shape index (κ2) is 9.38. The average Bonchev–Trinajstić information content (AvgIpc) is 2.71. The van der Waals surface area contributed by atoms with Crippen LogP contribution in [-0.4, -0.2) is 17.4 Å². The van der Waals surface area contributed by atoms with Crippen LogP contribution in [0.5, 0.6) is 11.5 Å². The van der Waals surface area contributed by atoms with E-state index in [0.717, 1.165) is 30.0 Å². The quantitative estimate of drug-likeness (QED) is 0.545. The fourth-order valence-corrected chi connectivity index (χ4v) is 2.54. The summed E-state index contributed by atoms with van der Waals surface area (Å²) in [6.45, 7) is 2.76. The van der Waals surface area contributed by atoms with Gasteiger partial charge < -0.3 is 15.4 Å². The number of aromatic nitrogens is 1. The smallest absolute Gasteiger partial charge is 0.252 e. The van der Waals surface area contributed by atoms with Crippen molar-refractivity contribution in [3.63, 3.8) is 0 Å². The van der Waals surface area contributed by atoms with Gasteiger partial charge in [-0.15, -0.1) is 0 Å². The number of carbonyl (C=O) groups is 1. The number of carbonyl (C=O) groups excluding carboxylic acids is 1. The number of nitrogens with zero attached hydrogens (tertiary/aromatic N) is 1. The van der Waals surface area contributed by atoms with Crippen molar-refractivity contribution < 1.29 is 9.53 Å². The maximum Gasteiger partial charge on any atom is 0.252 e. The topological polar surface area (TPSA) is 63.2 Å². The van der Waals surface area contributed by atoms with Crippen LogP contribution in [0.4, 0.5) is 11.4 Å². The predicted molar refractivity (Wildman–Crippen MR) is 108 cm³/mol. The Morgan fingerprint density at radius 1 is 1.04 bits per heavy atom. The lowest BCUT2D eigenvalue weighted by molar-refractivity contribution is 0.0953. The third-order valence-corrected chi connectivity index (χ3v) is 3.95. The minimum atomic E-state index is -0.117. The van der Waals surface area contributed by atoms with Crippen LogP contribution >= 0.6 is 0 Å². The number of amides is 1. The van der Waals surface area contributed by atoms with E-state index >= 15 is 0 Å². The van der Waals surface area contributed by atoms with E-state index in [0.29, 0.717) is 17.9 Å². The van der Waals surface area contributed by atoms with Crippen LogP contribution in [-0.2, 0) is 0 Å². The van der Waals surface area contributed by atoms with Crippen molar-refractivity contribution in [2.24, 2.45) is 0 Å². The van der Waals surface area contributed by atoms with Crippen molar-refractivity contribution in [2.45, 2.75) is 19.8 Å². The zero-order chi connectivity index (χ0) is 18.9. The van der Waals surface area contributed by atoms with E-state index < -0.39 is 0 Å². The van der Waals surface area contributed by atoms with Crippen LogP contribution in [0.1, 0.15) is 30.1 Å². The van der Waals surface area contributed by atoms with Gasteiger partial charge in [0.1, 0.15) is 5.75 Å². The number of rotatable bonds is 8. The zero-order valence-electron chi connectivity index (χ0n) is 15.3. The van der Waals surface area contributed by atoms with E-state index in [1.165, 1.54) is 0 Å². The van der Waals surface area contributed by atoms with Crippen molar-refractivity contribution in [3.8, 4) is 11.5 Å². The van der Waals surface area contributed by atoms with Crippen LogP contribution in [0.15, 0.2) is 73.1 Å². The number of unbranched alkanes of at least 4 members (excludes halogenated alkanes) is 1. The summed E-state index contributed by atoms with van der Waals surface area (Å²) in [6, 6.07) is 19.0. The van der Waals surface area contributed by atoms with Gasteiger partial charge in [-0.25, -0.2) is 0 Å². The molecule has 2 N–H and O–H groups in total. The Bertz CT molecular complexity index is 881. The maximum atomic E-state index is 12.2. The second-order valence-corrected chi connectivity index (χ2v) is 6.11. The van der Waals surface area contributed by atoms with Gasteiger partial charge in [-0.2, -0.15) is 0 Å². The van der Waals surface area contributed by atoms with E-state index in [1.807, 2.05) is 54.6 Å². The molecule has 0 unspecified atom stereocenters. The van der Waals surface area contributed by atoms with Crippen molar-refractivity contribution in [3.05, 3.63) is 78.6 Å². The molecule has 0 fully saturated rings. The first-order valence-electron chi connectivity index (χ1n) is 9.08. The molecular weight excluding hydrogens is 338 g/mol. The molecule has 3 rings (SSSR count). The molecule has 0 aliphatic heterocycles. The van der Waals surface area contributed by atoms with Gasteiger partial charge in [0.25, 0.3) is 5.91 Å². The van der Waals surface area contributed by atoms with Gasteiger partial charge in [0.05, 0.1) is 23.1 Å². The summed E-state index contributed by atoms with van der Waals surface area (Å²) >= 11 is 0. The van der Waals surface area contributed by atoms with E-state index in [9.17, 15) is 4.79 Å². The molecule has 1 heterocycles. The lowest BCUT2D eigenvalue weighted by atomic mass is 10.2. The van der Waals surface area contributed by atoms with E-state index in [2.05, 4.69) is 22.5 Å². The summed E-state index contributed by atoms with van der Waals surface area (Å²) in [7, 11) is 0. The van der Waals surface area contributed by atoms with Gasteiger partial charge in [0, 0.05) is 12.7 Å². The van der Waals surface area contributed by atoms with Crippen LogP contribution in [0.25, 0.3) is 0 Å². The summed E-state index contributed by atoms with van der Waals surface area (Å²) < 4.78 is 5.96. The summed E-state index contributed by atoms with van der Waals surface area (Å²) in [4.78, 5) is 16.4. The maximum absolute atomic E-state index is 12.2. The van der Waals surface area contributed by atoms with Gasteiger partial charge >= 0.3 is 0 Å². The lowest BCUT2D eigenvalue weighted by Crippen LogP contribution is -2.24. The molecule has 138 valence electrons. The number of anilines is 2. The van der Waals surface area contributed by atoms with Crippen LogP contribution in [0.2, 0.25) is 0 Å². The lowest BCUT2D eigenvalue weighted by Gasteiger charge is -2.13. The largest absolute Gasteiger partial charge is 0.455 e. The molecule has 0 bridgehead atoms. The van der Waals surface area contributed by atoms with Gasteiger partial charge in [0.15, 0.2) is 5.75 Å². The Hall–Kier alpha value is -3.34. The normalized spacial score (nSPS) is 10.3. The number of benzene rings is 2. The van der Waals surface area contributed by atoms with E-state index in [4.69, 9.17) is 4.74 Å². The number of ether oxygens (including phenoxy) is 1. The highest BCUT2D eigenvalue weighted by molar-refractivity contribution is 5.94. The number of hydrogen-bond donors (Lipinski definition) is 2. The Morgan fingerprint density at radius 2 is 1.81 bits per heavy atom. The Morgan fingerprint density at radius 3 is 2.63 bits per heavy atom. The Balaban J connectivity index is 1.74. The fourth-order valence-electron chi connectivity index (χ4n) is 2.54. The molecular formula is C22H23N3O2. The molecule has 2 aromatic carbocycles. The minimum Gasteiger partial charge on any atom is -0.455 e. The van der Waals surface area contributed by atoms with Crippen LogP contribution in [0, 0.1) is 0 Å². The molecule has 3 aromatic rings. The van der Waals surface area contributed by atoms with Crippen molar-refractivity contribution >= 4 is 17.3 Å². The first-order chi connectivity index (χ1) is 13.3. The third-order valence-electron chi connectivity index (χ3n) is 3.95. The van der Waals surface area contributed by atoms with Gasteiger partial charge in [-0.1, -0.05) is 43.7 Å². The van der Waals surface area contributed by atoms with Crippen LogP contribution < -0.4 is 15.4 Å². The monoisotopic (exact) mass is 361 g/mol. The summed E-state index contributed by atoms with van der Waals surface area (Å²) in [6.07, 6.45) is 5.25. The predicted octanol–water partition coefficient (Wildman–Crippen LogP) is 5.15. The highest BCUT2D eigenvalue weighted by Crippen LogP contribution is 2.31. The standard InChI is InChI=1S/C22H23N3O2/c1-2-3-13-24-22(26)17-14-18(16-23-15-17)25-20-11-7-8-12-21(20)27-19-9-5-4-6-10-19/h4-12,14-16,25H,2-3,13H2,1H3,(H,24,26). The molecule has 0 radical (unpaired) electrons. The Labute approximate surface area is 159 Å². The molecule has 0 aliphatic carbocycles. The minimum absolute atomic E-state index is 0.117.